The van der Waals surface area contributed by atoms with Crippen LogP contribution in [0.5, 0.6) is 0 Å². The molecule has 2 atom stereocenters. The fourth-order valence-electron chi connectivity index (χ4n) is 2.71. The molecule has 1 aliphatic carbocycles. The minimum absolute atomic E-state index is 0.0115. The summed E-state index contributed by atoms with van der Waals surface area (Å²) in [6.45, 7) is 6.89. The van der Waals surface area contributed by atoms with Gasteiger partial charge in [0.1, 0.15) is 6.10 Å². The zero-order valence-corrected chi connectivity index (χ0v) is 13.2. The van der Waals surface area contributed by atoms with Gasteiger partial charge in [0, 0.05) is 7.11 Å². The van der Waals surface area contributed by atoms with Gasteiger partial charge in [0.15, 0.2) is 8.32 Å². The first-order chi connectivity index (χ1) is 8.64. The van der Waals surface area contributed by atoms with Crippen molar-refractivity contribution in [3.8, 4) is 0 Å². The van der Waals surface area contributed by atoms with Crippen molar-refractivity contribution in [1.29, 1.82) is 0 Å². The summed E-state index contributed by atoms with van der Waals surface area (Å²) < 4.78 is 12.0. The monoisotopic (exact) mass is 272 g/mol. The molecule has 0 radical (unpaired) electrons. The molecule has 1 N–H and O–H groups in total. The van der Waals surface area contributed by atoms with Crippen LogP contribution in [-0.2, 0) is 9.16 Å². The molecule has 0 aromatic rings. The lowest BCUT2D eigenvalue weighted by Crippen LogP contribution is -2.45. The minimum Gasteiger partial charge on any atom is -0.411 e. The van der Waals surface area contributed by atoms with E-state index >= 15 is 0 Å². The zero-order valence-electron chi connectivity index (χ0n) is 12.2. The van der Waals surface area contributed by atoms with Gasteiger partial charge < -0.3 is 14.3 Å². The average Bonchev–Trinajstić information content (AvgIpc) is 2.45. The van der Waals surface area contributed by atoms with Crippen LogP contribution in [0.25, 0.3) is 0 Å². The van der Waals surface area contributed by atoms with Gasteiger partial charge in [-0.15, -0.1) is 0 Å². The number of hydrogen-bond acceptors (Lipinski definition) is 3. The SMILES string of the molecule is CC[Si](CC)(CC)O[C@@H]1CCC(CO)=C[C@@H]1OC. The highest BCUT2D eigenvalue weighted by molar-refractivity contribution is 6.73. The summed E-state index contributed by atoms with van der Waals surface area (Å²) in [6.07, 6.45) is 4.14. The Kier molecular flexibility index (Phi) is 6.56. The van der Waals surface area contributed by atoms with E-state index in [-0.39, 0.29) is 18.8 Å². The molecule has 0 aromatic carbocycles. The molecule has 0 heterocycles. The zero-order chi connectivity index (χ0) is 13.6. The Bertz CT molecular complexity index is 266. The van der Waals surface area contributed by atoms with Gasteiger partial charge >= 0.3 is 0 Å². The maximum absolute atomic E-state index is 9.21. The van der Waals surface area contributed by atoms with Crippen LogP contribution in [0.1, 0.15) is 33.6 Å². The highest BCUT2D eigenvalue weighted by atomic mass is 28.4. The topological polar surface area (TPSA) is 38.7 Å². The van der Waals surface area contributed by atoms with Crippen LogP contribution in [0, 0.1) is 0 Å². The lowest BCUT2D eigenvalue weighted by atomic mass is 9.95. The maximum Gasteiger partial charge on any atom is 0.192 e. The summed E-state index contributed by atoms with van der Waals surface area (Å²) in [5, 5.41) is 9.21. The van der Waals surface area contributed by atoms with Crippen LogP contribution in [0.4, 0.5) is 0 Å². The second kappa shape index (κ2) is 7.43. The molecule has 3 nitrogen and oxygen atoms in total. The smallest absolute Gasteiger partial charge is 0.192 e. The molecule has 0 aromatic heterocycles. The standard InChI is InChI=1S/C14H28O3Si/c1-5-18(6-2,7-3)17-13-9-8-12(11-15)10-14(13)16-4/h10,13-15H,5-9,11H2,1-4H3/t13-,14+/m1/s1. The van der Waals surface area contributed by atoms with E-state index in [1.54, 1.807) is 7.11 Å². The van der Waals surface area contributed by atoms with Crippen LogP contribution in [0.2, 0.25) is 18.1 Å². The Morgan fingerprint density at radius 3 is 2.33 bits per heavy atom. The second-order valence-corrected chi connectivity index (χ2v) is 9.85. The molecule has 1 aliphatic rings. The third kappa shape index (κ3) is 3.67. The Morgan fingerprint density at radius 2 is 1.89 bits per heavy atom. The summed E-state index contributed by atoms with van der Waals surface area (Å²) in [7, 11) is 0.160. The fraction of sp³-hybridized carbons (Fsp3) is 0.857. The summed E-state index contributed by atoms with van der Waals surface area (Å²) in [5.41, 5.74) is 1.08. The lowest BCUT2D eigenvalue weighted by Gasteiger charge is -2.38. The van der Waals surface area contributed by atoms with E-state index in [1.165, 1.54) is 18.1 Å². The number of rotatable bonds is 7. The molecule has 0 unspecified atom stereocenters. The largest absolute Gasteiger partial charge is 0.411 e. The minimum atomic E-state index is -1.57. The van der Waals surface area contributed by atoms with Crippen molar-refractivity contribution in [2.45, 2.75) is 64.0 Å². The molecule has 0 amide bonds. The number of aliphatic hydroxyl groups excluding tert-OH is 1. The lowest BCUT2D eigenvalue weighted by molar-refractivity contribution is 0.0146. The van der Waals surface area contributed by atoms with Gasteiger partial charge in [-0.1, -0.05) is 26.8 Å². The quantitative estimate of drug-likeness (QED) is 0.572. The fourth-order valence-corrected chi connectivity index (χ4v) is 5.61. The van der Waals surface area contributed by atoms with E-state index < -0.39 is 8.32 Å². The van der Waals surface area contributed by atoms with Crippen molar-refractivity contribution in [3.63, 3.8) is 0 Å². The van der Waals surface area contributed by atoms with Crippen molar-refractivity contribution in [3.05, 3.63) is 11.6 Å². The van der Waals surface area contributed by atoms with E-state index in [0.29, 0.717) is 0 Å². The van der Waals surface area contributed by atoms with Gasteiger partial charge in [-0.05, 0) is 36.5 Å². The van der Waals surface area contributed by atoms with Crippen molar-refractivity contribution in [2.75, 3.05) is 13.7 Å². The average molecular weight is 272 g/mol. The first-order valence-electron chi connectivity index (χ1n) is 7.15. The number of hydrogen-bond donors (Lipinski definition) is 1. The Balaban J connectivity index is 2.74. The molecule has 0 saturated carbocycles. The molecule has 18 heavy (non-hydrogen) atoms. The van der Waals surface area contributed by atoms with Crippen LogP contribution < -0.4 is 0 Å². The molecule has 1 rings (SSSR count). The van der Waals surface area contributed by atoms with Crippen LogP contribution in [-0.4, -0.2) is 39.3 Å². The van der Waals surface area contributed by atoms with Crippen molar-refractivity contribution in [2.24, 2.45) is 0 Å². The van der Waals surface area contributed by atoms with Crippen molar-refractivity contribution in [1.82, 2.24) is 0 Å². The first-order valence-corrected chi connectivity index (χ1v) is 9.68. The molecule has 4 heteroatoms. The van der Waals surface area contributed by atoms with Gasteiger partial charge in [0.2, 0.25) is 0 Å². The molecule has 106 valence electrons. The molecular formula is C14H28O3Si. The Labute approximate surface area is 112 Å². The summed E-state index contributed by atoms with van der Waals surface area (Å²) in [6, 6.07) is 3.51. The number of aliphatic hydroxyl groups is 1. The van der Waals surface area contributed by atoms with Gasteiger partial charge in [0.25, 0.3) is 0 Å². The second-order valence-electron chi connectivity index (χ2n) is 5.12. The van der Waals surface area contributed by atoms with Crippen molar-refractivity contribution >= 4 is 8.32 Å². The highest BCUT2D eigenvalue weighted by Crippen LogP contribution is 2.30. The van der Waals surface area contributed by atoms with Gasteiger partial charge in [-0.2, -0.15) is 0 Å². The van der Waals surface area contributed by atoms with Gasteiger partial charge in [0.05, 0.1) is 12.7 Å². The van der Waals surface area contributed by atoms with Crippen LogP contribution >= 0.6 is 0 Å². The highest BCUT2D eigenvalue weighted by Gasteiger charge is 2.35. The van der Waals surface area contributed by atoms with E-state index in [0.717, 1.165) is 18.4 Å². The molecule has 0 saturated heterocycles. The third-order valence-corrected chi connectivity index (χ3v) is 8.99. The van der Waals surface area contributed by atoms with E-state index in [2.05, 4.69) is 20.8 Å². The summed E-state index contributed by atoms with van der Waals surface area (Å²) in [5.74, 6) is 0. The van der Waals surface area contributed by atoms with Crippen molar-refractivity contribution < 1.29 is 14.3 Å². The molecule has 0 spiro atoms. The van der Waals surface area contributed by atoms with Crippen LogP contribution in [0.3, 0.4) is 0 Å². The van der Waals surface area contributed by atoms with Crippen LogP contribution in [0.15, 0.2) is 11.6 Å². The Hall–Kier alpha value is -0.163. The predicted octanol–water partition coefficient (Wildman–Crippen LogP) is 3.10. The predicted molar refractivity (Wildman–Crippen MR) is 77.3 cm³/mol. The number of methoxy groups -OCH3 is 1. The molecule has 0 aliphatic heterocycles. The van der Waals surface area contributed by atoms with E-state index in [4.69, 9.17) is 9.16 Å². The molecule has 0 fully saturated rings. The maximum atomic E-state index is 9.21. The summed E-state index contributed by atoms with van der Waals surface area (Å²) >= 11 is 0. The van der Waals surface area contributed by atoms with E-state index in [9.17, 15) is 5.11 Å². The third-order valence-electron chi connectivity index (χ3n) is 4.33. The van der Waals surface area contributed by atoms with Gasteiger partial charge in [-0.3, -0.25) is 0 Å². The van der Waals surface area contributed by atoms with E-state index in [1.807, 2.05) is 6.08 Å². The normalized spacial score (nSPS) is 25.1. The summed E-state index contributed by atoms with van der Waals surface area (Å²) in [4.78, 5) is 0. The number of ether oxygens (including phenoxy) is 1. The van der Waals surface area contributed by atoms with Gasteiger partial charge in [-0.25, -0.2) is 0 Å². The Morgan fingerprint density at radius 1 is 1.28 bits per heavy atom. The molecule has 0 bridgehead atoms. The molecular weight excluding hydrogens is 244 g/mol. The first kappa shape index (κ1) is 15.9.